The number of carbonyl (C=O) groups is 2. The number of hydrogen-bond donors (Lipinski definition) is 1. The summed E-state index contributed by atoms with van der Waals surface area (Å²) in [6.45, 7) is 5.19. The second-order valence-corrected chi connectivity index (χ2v) is 10.8. The van der Waals surface area contributed by atoms with E-state index in [-0.39, 0.29) is 29.9 Å². The van der Waals surface area contributed by atoms with Crippen molar-refractivity contribution in [3.8, 4) is 17.2 Å². The molecule has 2 aromatic rings. The second-order valence-electron chi connectivity index (χ2n) is 8.92. The first kappa shape index (κ1) is 30.8. The van der Waals surface area contributed by atoms with Gasteiger partial charge in [0.05, 0.1) is 33.3 Å². The van der Waals surface area contributed by atoms with E-state index < -0.39 is 28.5 Å². The number of carbonyl (C=O) groups excluding carboxylic acids is 2. The maximum Gasteiger partial charge on any atom is 0.244 e. The van der Waals surface area contributed by atoms with Gasteiger partial charge in [0.2, 0.25) is 21.8 Å². The molecule has 210 valence electrons. The van der Waals surface area contributed by atoms with E-state index in [1.54, 1.807) is 37.4 Å². The lowest BCUT2D eigenvalue weighted by molar-refractivity contribution is -0.140. The van der Waals surface area contributed by atoms with E-state index in [4.69, 9.17) is 14.2 Å². The fraction of sp³-hybridized carbons (Fsp3) is 0.481. The minimum Gasteiger partial charge on any atom is -0.497 e. The number of sulfonamides is 1. The summed E-state index contributed by atoms with van der Waals surface area (Å²) in [7, 11) is 0.479. The van der Waals surface area contributed by atoms with Crippen LogP contribution < -0.4 is 23.8 Å². The first-order chi connectivity index (χ1) is 18.0. The van der Waals surface area contributed by atoms with Gasteiger partial charge in [-0.3, -0.25) is 13.9 Å². The summed E-state index contributed by atoms with van der Waals surface area (Å²) in [5, 5.41) is 2.95. The van der Waals surface area contributed by atoms with Gasteiger partial charge in [0.15, 0.2) is 0 Å². The molecule has 2 atom stereocenters. The zero-order chi connectivity index (χ0) is 28.5. The predicted octanol–water partition coefficient (Wildman–Crippen LogP) is 3.20. The summed E-state index contributed by atoms with van der Waals surface area (Å²) in [5.74, 6) is 0.405. The smallest absolute Gasteiger partial charge is 0.244 e. The lowest BCUT2D eigenvalue weighted by Crippen LogP contribution is -2.53. The van der Waals surface area contributed by atoms with Crippen LogP contribution in [0.15, 0.2) is 42.5 Å². The number of anilines is 1. The van der Waals surface area contributed by atoms with Crippen LogP contribution in [0.4, 0.5) is 5.69 Å². The molecule has 10 nitrogen and oxygen atoms in total. The molecule has 0 aliphatic heterocycles. The van der Waals surface area contributed by atoms with Crippen molar-refractivity contribution >= 4 is 27.5 Å². The summed E-state index contributed by atoms with van der Waals surface area (Å²) in [6, 6.07) is 11.0. The van der Waals surface area contributed by atoms with E-state index in [1.165, 1.54) is 25.2 Å². The van der Waals surface area contributed by atoms with E-state index in [9.17, 15) is 18.0 Å². The molecule has 0 saturated carbocycles. The lowest BCUT2D eigenvalue weighted by atomic mass is 10.1. The van der Waals surface area contributed by atoms with Crippen LogP contribution in [0.5, 0.6) is 17.2 Å². The molecule has 0 heterocycles. The molecule has 0 aliphatic carbocycles. The third kappa shape index (κ3) is 8.01. The lowest BCUT2D eigenvalue weighted by Gasteiger charge is -2.33. The molecule has 1 N–H and O–H groups in total. The third-order valence-electron chi connectivity index (χ3n) is 6.21. The number of amides is 2. The topological polar surface area (TPSA) is 114 Å². The Labute approximate surface area is 225 Å². The van der Waals surface area contributed by atoms with Crippen molar-refractivity contribution in [3.63, 3.8) is 0 Å². The molecule has 2 aromatic carbocycles. The van der Waals surface area contributed by atoms with Crippen molar-refractivity contribution in [2.24, 2.45) is 0 Å². The molecule has 0 bridgehead atoms. The van der Waals surface area contributed by atoms with Gasteiger partial charge < -0.3 is 24.4 Å². The molecule has 0 aliphatic rings. The molecule has 0 fully saturated rings. The highest BCUT2D eigenvalue weighted by atomic mass is 32.2. The summed E-state index contributed by atoms with van der Waals surface area (Å²) in [6.07, 6.45) is 2.07. The Bertz CT molecular complexity index is 1200. The highest BCUT2D eigenvalue weighted by Gasteiger charge is 2.33. The molecule has 0 spiro atoms. The monoisotopic (exact) mass is 549 g/mol. The Kier molecular flexibility index (Phi) is 11.2. The van der Waals surface area contributed by atoms with E-state index >= 15 is 0 Å². The van der Waals surface area contributed by atoms with Crippen LogP contribution in [0.2, 0.25) is 0 Å². The number of methoxy groups -OCH3 is 3. The van der Waals surface area contributed by atoms with Gasteiger partial charge in [0.1, 0.15) is 29.8 Å². The van der Waals surface area contributed by atoms with E-state index in [0.717, 1.165) is 22.5 Å². The Morgan fingerprint density at radius 3 is 2.16 bits per heavy atom. The van der Waals surface area contributed by atoms with Crippen molar-refractivity contribution in [1.29, 1.82) is 0 Å². The standard InChI is InChI=1S/C27H39N3O7S/c1-8-19(3)28-27(32)23(9-2)29(17-20-11-10-12-21(15-20)35-4)26(31)18-30(38(7,33)34)24-16-22(36-5)13-14-25(24)37-6/h10-16,19,23H,8-9,17-18H2,1-7H3,(H,28,32)/t19-,23-/m0/s1. The highest BCUT2D eigenvalue weighted by molar-refractivity contribution is 7.92. The van der Waals surface area contributed by atoms with Crippen molar-refractivity contribution < 1.29 is 32.2 Å². The normalized spacial score (nSPS) is 12.7. The molecule has 11 heteroatoms. The van der Waals surface area contributed by atoms with Crippen LogP contribution in [0.25, 0.3) is 0 Å². The van der Waals surface area contributed by atoms with Crippen LogP contribution in [0.1, 0.15) is 39.2 Å². The summed E-state index contributed by atoms with van der Waals surface area (Å²) >= 11 is 0. The minimum absolute atomic E-state index is 0.0787. The number of ether oxygens (including phenoxy) is 3. The third-order valence-corrected chi connectivity index (χ3v) is 7.33. The van der Waals surface area contributed by atoms with Crippen LogP contribution in [-0.4, -0.2) is 71.3 Å². The van der Waals surface area contributed by atoms with Gasteiger partial charge in [-0.05, 0) is 49.6 Å². The maximum absolute atomic E-state index is 13.9. The van der Waals surface area contributed by atoms with Crippen LogP contribution in [0, 0.1) is 0 Å². The Hall–Kier alpha value is -3.47. The molecule has 0 unspecified atom stereocenters. The van der Waals surface area contributed by atoms with Crippen LogP contribution in [-0.2, 0) is 26.2 Å². The van der Waals surface area contributed by atoms with Gasteiger partial charge in [0.25, 0.3) is 0 Å². The first-order valence-electron chi connectivity index (χ1n) is 12.4. The molecule has 2 rings (SSSR count). The zero-order valence-corrected chi connectivity index (χ0v) is 24.0. The van der Waals surface area contributed by atoms with Crippen LogP contribution in [0.3, 0.4) is 0 Å². The van der Waals surface area contributed by atoms with Gasteiger partial charge in [-0.15, -0.1) is 0 Å². The molecule has 0 saturated heterocycles. The number of nitrogens with one attached hydrogen (secondary N) is 1. The quantitative estimate of drug-likeness (QED) is 0.385. The molecule has 0 aromatic heterocycles. The fourth-order valence-electron chi connectivity index (χ4n) is 3.91. The highest BCUT2D eigenvalue weighted by Crippen LogP contribution is 2.34. The van der Waals surface area contributed by atoms with E-state index in [0.29, 0.717) is 17.9 Å². The number of rotatable bonds is 14. The Morgan fingerprint density at radius 1 is 0.947 bits per heavy atom. The number of hydrogen-bond acceptors (Lipinski definition) is 7. The zero-order valence-electron chi connectivity index (χ0n) is 23.2. The van der Waals surface area contributed by atoms with Gasteiger partial charge in [-0.25, -0.2) is 8.42 Å². The summed E-state index contributed by atoms with van der Waals surface area (Å²) < 4.78 is 42.8. The van der Waals surface area contributed by atoms with Gasteiger partial charge in [-0.2, -0.15) is 0 Å². The SMILES string of the molecule is CC[C@H](C)NC(=O)[C@H](CC)N(Cc1cccc(OC)c1)C(=O)CN(c1cc(OC)ccc1OC)S(C)(=O)=O. The minimum atomic E-state index is -3.93. The van der Waals surface area contributed by atoms with E-state index in [2.05, 4.69) is 5.32 Å². The Morgan fingerprint density at radius 2 is 1.61 bits per heavy atom. The van der Waals surface area contributed by atoms with Gasteiger partial charge in [0, 0.05) is 18.7 Å². The van der Waals surface area contributed by atoms with Crippen molar-refractivity contribution in [2.45, 2.75) is 52.2 Å². The van der Waals surface area contributed by atoms with E-state index in [1.807, 2.05) is 26.8 Å². The van der Waals surface area contributed by atoms with Crippen molar-refractivity contribution in [2.75, 3.05) is 38.4 Å². The van der Waals surface area contributed by atoms with Crippen molar-refractivity contribution in [1.82, 2.24) is 10.2 Å². The van der Waals surface area contributed by atoms with Crippen LogP contribution >= 0.6 is 0 Å². The number of nitrogens with zero attached hydrogens (tertiary/aromatic N) is 2. The Balaban J connectivity index is 2.54. The average molecular weight is 550 g/mol. The average Bonchev–Trinajstić information content (AvgIpc) is 2.90. The first-order valence-corrected chi connectivity index (χ1v) is 14.3. The van der Waals surface area contributed by atoms with Gasteiger partial charge >= 0.3 is 0 Å². The second kappa shape index (κ2) is 13.9. The molecule has 0 radical (unpaired) electrons. The summed E-state index contributed by atoms with van der Waals surface area (Å²) in [5.41, 5.74) is 0.887. The molecular weight excluding hydrogens is 510 g/mol. The van der Waals surface area contributed by atoms with Gasteiger partial charge in [-0.1, -0.05) is 26.0 Å². The predicted molar refractivity (Wildman–Crippen MR) is 147 cm³/mol. The fourth-order valence-corrected chi connectivity index (χ4v) is 4.76. The number of benzene rings is 2. The largest absolute Gasteiger partial charge is 0.497 e. The summed E-state index contributed by atoms with van der Waals surface area (Å²) in [4.78, 5) is 28.5. The molecule has 2 amide bonds. The molecular formula is C27H39N3O7S. The molecule has 38 heavy (non-hydrogen) atoms. The maximum atomic E-state index is 13.9. The van der Waals surface area contributed by atoms with Crippen molar-refractivity contribution in [3.05, 3.63) is 48.0 Å².